The molecule has 0 unspecified atom stereocenters. The summed E-state index contributed by atoms with van der Waals surface area (Å²) in [6, 6.07) is 1.74. The average Bonchev–Trinajstić information content (AvgIpc) is 2.95. The normalized spacial score (nSPS) is 21.0. The van der Waals surface area contributed by atoms with Gasteiger partial charge in [-0.1, -0.05) is 25.5 Å². The summed E-state index contributed by atoms with van der Waals surface area (Å²) >= 11 is 0. The summed E-state index contributed by atoms with van der Waals surface area (Å²) < 4.78 is 27.6. The van der Waals surface area contributed by atoms with Gasteiger partial charge in [0.2, 0.25) is 11.8 Å². The van der Waals surface area contributed by atoms with Crippen LogP contribution in [0.2, 0.25) is 0 Å². The molecule has 0 radical (unpaired) electrons. The lowest BCUT2D eigenvalue weighted by Crippen LogP contribution is -2.18. The van der Waals surface area contributed by atoms with Crippen LogP contribution in [0.15, 0.2) is 23.8 Å². The molecule has 2 atom stereocenters. The van der Waals surface area contributed by atoms with Crippen molar-refractivity contribution in [3.63, 3.8) is 0 Å². The van der Waals surface area contributed by atoms with E-state index in [1.54, 1.807) is 0 Å². The SMILES string of the molecule is CC(=O)Nc1cc(NC(=O)[C@@H]2[C@@H](C=C(C)C)C2(C)C)c(F)cc1F. The molecule has 0 spiro atoms. The first-order chi connectivity index (χ1) is 11.0. The maximum Gasteiger partial charge on any atom is 0.228 e. The maximum atomic E-state index is 13.9. The van der Waals surface area contributed by atoms with Crippen molar-refractivity contribution >= 4 is 23.2 Å². The van der Waals surface area contributed by atoms with Gasteiger partial charge in [0.05, 0.1) is 17.3 Å². The summed E-state index contributed by atoms with van der Waals surface area (Å²) in [6.45, 7) is 9.10. The number of carbonyl (C=O) groups excluding carboxylic acids is 2. The maximum absolute atomic E-state index is 13.9. The van der Waals surface area contributed by atoms with Crippen molar-refractivity contribution in [2.24, 2.45) is 17.3 Å². The molecule has 0 heterocycles. The van der Waals surface area contributed by atoms with Gasteiger partial charge < -0.3 is 10.6 Å². The molecule has 1 aromatic carbocycles. The standard InChI is InChI=1S/C18H22F2N2O2/c1-9(2)6-11-16(18(11,4)5)17(24)22-15-8-14(21-10(3)23)12(19)7-13(15)20/h6-8,11,16H,1-5H3,(H,21,23)(H,22,24)/t11-,16+/m1/s1. The van der Waals surface area contributed by atoms with Crippen molar-refractivity contribution in [2.75, 3.05) is 10.6 Å². The first-order valence-corrected chi connectivity index (χ1v) is 7.76. The minimum absolute atomic E-state index is 0.0841. The second kappa shape index (κ2) is 6.34. The fourth-order valence-electron chi connectivity index (χ4n) is 2.99. The molecule has 1 saturated carbocycles. The number of halogens is 2. The van der Waals surface area contributed by atoms with E-state index in [2.05, 4.69) is 10.6 Å². The molecule has 1 aliphatic carbocycles. The number of hydrogen-bond donors (Lipinski definition) is 2. The van der Waals surface area contributed by atoms with E-state index in [1.165, 1.54) is 6.92 Å². The molecule has 4 nitrogen and oxygen atoms in total. The molecule has 0 bridgehead atoms. The van der Waals surface area contributed by atoms with Crippen molar-refractivity contribution in [1.82, 2.24) is 0 Å². The third kappa shape index (κ3) is 3.63. The lowest BCUT2D eigenvalue weighted by molar-refractivity contribution is -0.118. The largest absolute Gasteiger partial charge is 0.324 e. The molecule has 24 heavy (non-hydrogen) atoms. The Morgan fingerprint density at radius 3 is 2.08 bits per heavy atom. The first-order valence-electron chi connectivity index (χ1n) is 7.76. The molecule has 0 saturated heterocycles. The molecule has 130 valence electrons. The predicted octanol–water partition coefficient (Wildman–Crippen LogP) is 4.10. The van der Waals surface area contributed by atoms with E-state index >= 15 is 0 Å². The van der Waals surface area contributed by atoms with Crippen LogP contribution >= 0.6 is 0 Å². The fourth-order valence-corrected chi connectivity index (χ4v) is 2.99. The molecule has 1 aliphatic rings. The van der Waals surface area contributed by atoms with E-state index in [4.69, 9.17) is 0 Å². The Balaban J connectivity index is 2.21. The van der Waals surface area contributed by atoms with Crippen LogP contribution in [0.1, 0.15) is 34.6 Å². The van der Waals surface area contributed by atoms with E-state index < -0.39 is 17.5 Å². The van der Waals surface area contributed by atoms with Crippen LogP contribution in [0.3, 0.4) is 0 Å². The summed E-state index contributed by atoms with van der Waals surface area (Å²) in [5, 5.41) is 4.78. The molecule has 0 aromatic heterocycles. The number of allylic oxidation sites excluding steroid dienone is 2. The van der Waals surface area contributed by atoms with Gasteiger partial charge in [-0.15, -0.1) is 0 Å². The summed E-state index contributed by atoms with van der Waals surface area (Å²) in [5.41, 5.74) is 0.585. The smallest absolute Gasteiger partial charge is 0.228 e. The van der Waals surface area contributed by atoms with Crippen LogP contribution in [0.25, 0.3) is 0 Å². The molecule has 2 rings (SSSR count). The first kappa shape index (κ1) is 18.1. The van der Waals surface area contributed by atoms with Crippen molar-refractivity contribution < 1.29 is 18.4 Å². The van der Waals surface area contributed by atoms with Crippen LogP contribution < -0.4 is 10.6 Å². The Bertz CT molecular complexity index is 722. The number of amides is 2. The second-order valence-electron chi connectivity index (χ2n) is 7.05. The molecule has 1 aromatic rings. The number of benzene rings is 1. The summed E-state index contributed by atoms with van der Waals surface area (Å²) in [7, 11) is 0. The minimum atomic E-state index is -0.894. The van der Waals surface area contributed by atoms with E-state index in [-0.39, 0.29) is 34.5 Å². The highest BCUT2D eigenvalue weighted by molar-refractivity contribution is 5.97. The lowest BCUT2D eigenvalue weighted by atomic mass is 10.1. The van der Waals surface area contributed by atoms with Crippen LogP contribution in [0, 0.1) is 28.9 Å². The van der Waals surface area contributed by atoms with Gasteiger partial charge in [0.15, 0.2) is 0 Å². The highest BCUT2D eigenvalue weighted by atomic mass is 19.1. The highest BCUT2D eigenvalue weighted by Crippen LogP contribution is 2.59. The van der Waals surface area contributed by atoms with E-state index in [1.807, 2.05) is 33.8 Å². The molecule has 2 amide bonds. The van der Waals surface area contributed by atoms with Gasteiger partial charge in [0, 0.05) is 13.0 Å². The number of nitrogens with one attached hydrogen (secondary N) is 2. The van der Waals surface area contributed by atoms with Crippen molar-refractivity contribution in [3.05, 3.63) is 35.4 Å². The fraction of sp³-hybridized carbons (Fsp3) is 0.444. The van der Waals surface area contributed by atoms with Crippen LogP contribution in [0.4, 0.5) is 20.2 Å². The quantitative estimate of drug-likeness (QED) is 0.813. The number of hydrogen-bond acceptors (Lipinski definition) is 2. The summed E-state index contributed by atoms with van der Waals surface area (Å²) in [5.74, 6) is -2.77. The van der Waals surface area contributed by atoms with Crippen molar-refractivity contribution in [2.45, 2.75) is 34.6 Å². The van der Waals surface area contributed by atoms with E-state index in [0.717, 1.165) is 11.6 Å². The predicted molar refractivity (Wildman–Crippen MR) is 89.5 cm³/mol. The average molecular weight is 336 g/mol. The zero-order valence-electron chi connectivity index (χ0n) is 14.5. The van der Waals surface area contributed by atoms with Gasteiger partial charge in [-0.2, -0.15) is 0 Å². The molecule has 1 fully saturated rings. The molecular weight excluding hydrogens is 314 g/mol. The Hall–Kier alpha value is -2.24. The Morgan fingerprint density at radius 2 is 1.58 bits per heavy atom. The summed E-state index contributed by atoms with van der Waals surface area (Å²) in [6.07, 6.45) is 2.04. The Morgan fingerprint density at radius 1 is 1.04 bits per heavy atom. The lowest BCUT2D eigenvalue weighted by Gasteiger charge is -2.11. The monoisotopic (exact) mass is 336 g/mol. The Labute approximate surface area is 140 Å². The topological polar surface area (TPSA) is 58.2 Å². The van der Waals surface area contributed by atoms with Crippen molar-refractivity contribution in [1.29, 1.82) is 0 Å². The van der Waals surface area contributed by atoms with Gasteiger partial charge in [-0.05, 0) is 31.2 Å². The van der Waals surface area contributed by atoms with Gasteiger partial charge in [-0.3, -0.25) is 9.59 Å². The Kier molecular flexibility index (Phi) is 4.78. The van der Waals surface area contributed by atoms with Gasteiger partial charge in [-0.25, -0.2) is 8.78 Å². The zero-order valence-corrected chi connectivity index (χ0v) is 14.5. The van der Waals surface area contributed by atoms with Gasteiger partial charge >= 0.3 is 0 Å². The summed E-state index contributed by atoms with van der Waals surface area (Å²) in [4.78, 5) is 23.5. The minimum Gasteiger partial charge on any atom is -0.324 e. The van der Waals surface area contributed by atoms with Gasteiger partial charge in [0.25, 0.3) is 0 Å². The molecule has 6 heteroatoms. The number of carbonyl (C=O) groups is 2. The number of rotatable bonds is 4. The van der Waals surface area contributed by atoms with Crippen molar-refractivity contribution in [3.8, 4) is 0 Å². The van der Waals surface area contributed by atoms with E-state index in [9.17, 15) is 18.4 Å². The molecule has 0 aliphatic heterocycles. The van der Waals surface area contributed by atoms with Crippen LogP contribution in [-0.2, 0) is 9.59 Å². The number of anilines is 2. The van der Waals surface area contributed by atoms with Crippen LogP contribution in [0.5, 0.6) is 0 Å². The molecular formula is C18H22F2N2O2. The van der Waals surface area contributed by atoms with Crippen LogP contribution in [-0.4, -0.2) is 11.8 Å². The molecule has 2 N–H and O–H groups in total. The highest BCUT2D eigenvalue weighted by Gasteiger charge is 2.60. The zero-order chi connectivity index (χ0) is 18.2. The third-order valence-electron chi connectivity index (χ3n) is 4.33. The van der Waals surface area contributed by atoms with E-state index in [0.29, 0.717) is 6.07 Å². The third-order valence-corrected chi connectivity index (χ3v) is 4.33. The second-order valence-corrected chi connectivity index (χ2v) is 7.05. The van der Waals surface area contributed by atoms with Gasteiger partial charge in [0.1, 0.15) is 11.6 Å².